The first-order chi connectivity index (χ1) is 11.2. The number of aliphatic hydroxyl groups excluding tert-OH is 2. The van der Waals surface area contributed by atoms with E-state index in [1.165, 1.54) is 0 Å². The van der Waals surface area contributed by atoms with E-state index in [2.05, 4.69) is 5.32 Å². The third kappa shape index (κ3) is 4.37. The van der Waals surface area contributed by atoms with Crippen LogP contribution in [0.2, 0.25) is 0 Å². The number of hydrogen-bond donors (Lipinski definition) is 3. The summed E-state index contributed by atoms with van der Waals surface area (Å²) in [6, 6.07) is 5.79. The fourth-order valence-electron chi connectivity index (χ4n) is 2.45. The molecule has 23 heavy (non-hydrogen) atoms. The highest BCUT2D eigenvalue weighted by Gasteiger charge is 2.09. The molecular formula is C18H23NO4. The van der Waals surface area contributed by atoms with Gasteiger partial charge in [0.1, 0.15) is 0 Å². The molecule has 0 bridgehead atoms. The first-order valence-electron chi connectivity index (χ1n) is 7.46. The fourth-order valence-corrected chi connectivity index (χ4v) is 2.45. The molecule has 0 saturated heterocycles. The Morgan fingerprint density at radius 1 is 1.09 bits per heavy atom. The minimum atomic E-state index is -0.0700. The van der Waals surface area contributed by atoms with Gasteiger partial charge in [0.2, 0.25) is 0 Å². The van der Waals surface area contributed by atoms with Crippen molar-refractivity contribution in [3.05, 3.63) is 58.8 Å². The van der Waals surface area contributed by atoms with Crippen LogP contribution in [0.15, 0.2) is 53.3 Å². The molecule has 1 aliphatic rings. The number of rotatable bonds is 7. The monoisotopic (exact) mass is 317 g/mol. The largest absolute Gasteiger partial charge is 0.493 e. The number of allylic oxidation sites excluding steroid dienone is 3. The van der Waals surface area contributed by atoms with Gasteiger partial charge in [-0.1, -0.05) is 18.2 Å². The molecule has 124 valence electrons. The van der Waals surface area contributed by atoms with Crippen LogP contribution >= 0.6 is 0 Å². The van der Waals surface area contributed by atoms with Gasteiger partial charge in [0.05, 0.1) is 27.4 Å². The number of benzene rings is 1. The van der Waals surface area contributed by atoms with E-state index < -0.39 is 0 Å². The maximum Gasteiger partial charge on any atom is 0.161 e. The minimum Gasteiger partial charge on any atom is -0.493 e. The summed E-state index contributed by atoms with van der Waals surface area (Å²) in [5, 5.41) is 21.8. The molecule has 1 aromatic rings. The lowest BCUT2D eigenvalue weighted by Crippen LogP contribution is -2.09. The summed E-state index contributed by atoms with van der Waals surface area (Å²) in [5.74, 6) is 1.41. The molecule has 0 unspecified atom stereocenters. The summed E-state index contributed by atoms with van der Waals surface area (Å²) in [4.78, 5) is 0. The molecule has 0 fully saturated rings. The van der Waals surface area contributed by atoms with Crippen molar-refractivity contribution < 1.29 is 19.7 Å². The molecule has 0 heterocycles. The molecule has 0 spiro atoms. The van der Waals surface area contributed by atoms with Crippen LogP contribution in [0.3, 0.4) is 0 Å². The van der Waals surface area contributed by atoms with Crippen LogP contribution in [0.5, 0.6) is 11.5 Å². The number of methoxy groups -OCH3 is 2. The predicted octanol–water partition coefficient (Wildman–Crippen LogP) is 1.92. The van der Waals surface area contributed by atoms with Crippen molar-refractivity contribution in [2.45, 2.75) is 13.0 Å². The molecule has 0 radical (unpaired) electrons. The maximum absolute atomic E-state index is 9.33. The predicted molar refractivity (Wildman–Crippen MR) is 89.4 cm³/mol. The molecule has 0 amide bonds. The van der Waals surface area contributed by atoms with Gasteiger partial charge in [-0.3, -0.25) is 0 Å². The zero-order valence-corrected chi connectivity index (χ0v) is 13.5. The first-order valence-corrected chi connectivity index (χ1v) is 7.46. The number of hydrogen-bond acceptors (Lipinski definition) is 5. The summed E-state index contributed by atoms with van der Waals surface area (Å²) in [6.45, 7) is 0.543. The van der Waals surface area contributed by atoms with E-state index in [0.717, 1.165) is 28.7 Å². The van der Waals surface area contributed by atoms with Crippen LogP contribution in [0, 0.1) is 0 Å². The molecule has 1 aromatic carbocycles. The fraction of sp³-hybridized carbons (Fsp3) is 0.333. The summed E-state index contributed by atoms with van der Waals surface area (Å²) in [5.41, 5.74) is 3.70. The third-order valence-electron chi connectivity index (χ3n) is 3.74. The van der Waals surface area contributed by atoms with Gasteiger partial charge in [-0.05, 0) is 40.8 Å². The number of ether oxygens (including phenoxy) is 2. The van der Waals surface area contributed by atoms with Gasteiger partial charge in [0.15, 0.2) is 11.5 Å². The highest BCUT2D eigenvalue weighted by molar-refractivity contribution is 5.44. The van der Waals surface area contributed by atoms with Crippen LogP contribution in [0.1, 0.15) is 12.0 Å². The minimum absolute atomic E-state index is 0.0429. The molecule has 0 saturated carbocycles. The smallest absolute Gasteiger partial charge is 0.161 e. The summed E-state index contributed by atoms with van der Waals surface area (Å²) < 4.78 is 10.5. The Labute approximate surface area is 136 Å². The van der Waals surface area contributed by atoms with Crippen molar-refractivity contribution in [1.82, 2.24) is 5.32 Å². The second kappa shape index (κ2) is 8.41. The van der Waals surface area contributed by atoms with Crippen LogP contribution in [0.25, 0.3) is 0 Å². The Kier molecular flexibility index (Phi) is 6.26. The van der Waals surface area contributed by atoms with Crippen molar-refractivity contribution in [2.24, 2.45) is 0 Å². The third-order valence-corrected chi connectivity index (χ3v) is 3.74. The molecule has 5 nitrogen and oxygen atoms in total. The zero-order valence-electron chi connectivity index (χ0n) is 13.5. The van der Waals surface area contributed by atoms with Crippen LogP contribution < -0.4 is 14.8 Å². The normalized spacial score (nSPS) is 15.9. The Morgan fingerprint density at radius 2 is 1.83 bits per heavy atom. The quantitative estimate of drug-likeness (QED) is 0.717. The van der Waals surface area contributed by atoms with E-state index in [9.17, 15) is 10.2 Å². The van der Waals surface area contributed by atoms with E-state index in [1.807, 2.05) is 36.6 Å². The topological polar surface area (TPSA) is 71.0 Å². The van der Waals surface area contributed by atoms with Gasteiger partial charge in [-0.15, -0.1) is 0 Å². The van der Waals surface area contributed by atoms with E-state index in [0.29, 0.717) is 18.0 Å². The van der Waals surface area contributed by atoms with E-state index >= 15 is 0 Å². The van der Waals surface area contributed by atoms with Gasteiger partial charge < -0.3 is 25.0 Å². The van der Waals surface area contributed by atoms with Crippen molar-refractivity contribution in [3.63, 3.8) is 0 Å². The Balaban J connectivity index is 2.00. The summed E-state index contributed by atoms with van der Waals surface area (Å²) in [6.07, 6.45) is 6.51. The second-order valence-corrected chi connectivity index (χ2v) is 5.21. The van der Waals surface area contributed by atoms with Gasteiger partial charge in [0, 0.05) is 12.7 Å². The van der Waals surface area contributed by atoms with Crippen LogP contribution in [-0.2, 0) is 6.54 Å². The van der Waals surface area contributed by atoms with Gasteiger partial charge in [0.25, 0.3) is 0 Å². The number of nitrogens with one attached hydrogen (secondary N) is 1. The molecule has 2 rings (SSSR count). The summed E-state index contributed by atoms with van der Waals surface area (Å²) in [7, 11) is 3.23. The lowest BCUT2D eigenvalue weighted by Gasteiger charge is -2.15. The Hall–Kier alpha value is -2.24. The maximum atomic E-state index is 9.33. The average Bonchev–Trinajstić information content (AvgIpc) is 2.61. The Morgan fingerprint density at radius 3 is 2.48 bits per heavy atom. The average molecular weight is 317 g/mol. The lowest BCUT2D eigenvalue weighted by molar-refractivity contribution is 0.310. The molecule has 0 atom stereocenters. The standard InChI is InChI=1S/C18H23NO4/c1-22-17-6-4-14(8-18(17)23-2)10-19-9-13-3-5-15(11-20)16(7-13)12-21/h4-9,19-21H,3,10-12H2,1-2H3. The lowest BCUT2D eigenvalue weighted by atomic mass is 9.96. The van der Waals surface area contributed by atoms with Gasteiger partial charge in [-0.25, -0.2) is 0 Å². The molecule has 5 heteroatoms. The van der Waals surface area contributed by atoms with E-state index in [1.54, 1.807) is 14.2 Å². The van der Waals surface area contributed by atoms with Crippen molar-refractivity contribution >= 4 is 0 Å². The molecular weight excluding hydrogens is 294 g/mol. The first kappa shape index (κ1) is 17.1. The number of aliphatic hydroxyl groups is 2. The van der Waals surface area contributed by atoms with Crippen molar-refractivity contribution in [3.8, 4) is 11.5 Å². The van der Waals surface area contributed by atoms with Gasteiger partial charge >= 0.3 is 0 Å². The van der Waals surface area contributed by atoms with Crippen molar-refractivity contribution in [1.29, 1.82) is 0 Å². The zero-order chi connectivity index (χ0) is 16.7. The highest BCUT2D eigenvalue weighted by atomic mass is 16.5. The van der Waals surface area contributed by atoms with E-state index in [4.69, 9.17) is 9.47 Å². The molecule has 0 aromatic heterocycles. The molecule has 0 aliphatic heterocycles. The molecule has 3 N–H and O–H groups in total. The molecule has 1 aliphatic carbocycles. The van der Waals surface area contributed by atoms with Crippen LogP contribution in [0.4, 0.5) is 0 Å². The second-order valence-electron chi connectivity index (χ2n) is 5.21. The summed E-state index contributed by atoms with van der Waals surface area (Å²) >= 11 is 0. The Bertz CT molecular complexity index is 632. The SMILES string of the molecule is COc1ccc(CNC=C2C=C(CO)C(CO)=CC2)cc1OC. The van der Waals surface area contributed by atoms with Crippen LogP contribution in [-0.4, -0.2) is 37.6 Å². The van der Waals surface area contributed by atoms with Crippen molar-refractivity contribution in [2.75, 3.05) is 27.4 Å². The van der Waals surface area contributed by atoms with E-state index in [-0.39, 0.29) is 13.2 Å². The van der Waals surface area contributed by atoms with Gasteiger partial charge in [-0.2, -0.15) is 0 Å². The highest BCUT2D eigenvalue weighted by Crippen LogP contribution is 2.27.